The lowest BCUT2D eigenvalue weighted by Crippen LogP contribution is -2.30. The topological polar surface area (TPSA) is 62.3 Å². The summed E-state index contributed by atoms with van der Waals surface area (Å²) in [5.41, 5.74) is 2.55. The third-order valence-electron chi connectivity index (χ3n) is 5.41. The predicted octanol–water partition coefficient (Wildman–Crippen LogP) is 2.88. The Labute approximate surface area is 147 Å². The Bertz CT molecular complexity index is 803. The first kappa shape index (κ1) is 15.8. The van der Waals surface area contributed by atoms with Crippen molar-refractivity contribution in [1.29, 1.82) is 0 Å². The molecule has 1 aromatic carbocycles. The summed E-state index contributed by atoms with van der Waals surface area (Å²) in [5, 5.41) is 2.93. The highest BCUT2D eigenvalue weighted by atomic mass is 16.2. The fraction of sp³-hybridized carbons (Fsp3) is 0.350. The van der Waals surface area contributed by atoms with Gasteiger partial charge >= 0.3 is 0 Å². The zero-order chi connectivity index (χ0) is 17.4. The number of rotatable bonds is 3. The Kier molecular flexibility index (Phi) is 3.79. The third-order valence-corrected chi connectivity index (χ3v) is 5.41. The van der Waals surface area contributed by atoms with Crippen LogP contribution in [0.2, 0.25) is 0 Å². The molecule has 4 rings (SSSR count). The van der Waals surface area contributed by atoms with Crippen LogP contribution in [-0.2, 0) is 4.79 Å². The van der Waals surface area contributed by atoms with Crippen LogP contribution in [0.25, 0.3) is 0 Å². The van der Waals surface area contributed by atoms with Crippen molar-refractivity contribution in [2.75, 3.05) is 18.4 Å². The van der Waals surface area contributed by atoms with Crippen LogP contribution >= 0.6 is 0 Å². The normalized spacial score (nSPS) is 24.4. The Balaban J connectivity index is 1.39. The second kappa shape index (κ2) is 5.99. The quantitative estimate of drug-likeness (QED) is 0.938. The summed E-state index contributed by atoms with van der Waals surface area (Å²) >= 11 is 0. The number of hydrogen-bond donors (Lipinski definition) is 1. The summed E-state index contributed by atoms with van der Waals surface area (Å²) in [6.45, 7) is 3.41. The first-order valence-electron chi connectivity index (χ1n) is 8.64. The molecule has 5 nitrogen and oxygen atoms in total. The Morgan fingerprint density at radius 3 is 2.76 bits per heavy atom. The first-order valence-corrected chi connectivity index (χ1v) is 8.64. The first-order chi connectivity index (χ1) is 12.1. The van der Waals surface area contributed by atoms with Gasteiger partial charge in [-0.15, -0.1) is 0 Å². The maximum absolute atomic E-state index is 12.7. The van der Waals surface area contributed by atoms with Gasteiger partial charge in [-0.2, -0.15) is 0 Å². The van der Waals surface area contributed by atoms with E-state index in [2.05, 4.69) is 10.3 Å². The van der Waals surface area contributed by atoms with Crippen molar-refractivity contribution >= 4 is 17.5 Å². The van der Waals surface area contributed by atoms with E-state index in [0.29, 0.717) is 6.54 Å². The van der Waals surface area contributed by atoms with E-state index in [1.807, 2.05) is 42.2 Å². The van der Waals surface area contributed by atoms with Gasteiger partial charge in [0.25, 0.3) is 5.91 Å². The smallest absolute Gasteiger partial charge is 0.253 e. The molecule has 1 saturated heterocycles. The van der Waals surface area contributed by atoms with Crippen LogP contribution in [0.15, 0.2) is 48.8 Å². The molecular weight excluding hydrogens is 314 g/mol. The molecule has 2 unspecified atom stereocenters. The van der Waals surface area contributed by atoms with E-state index in [0.717, 1.165) is 36.2 Å². The fourth-order valence-electron chi connectivity index (χ4n) is 3.78. The number of anilines is 1. The lowest BCUT2D eigenvalue weighted by Gasteiger charge is -2.17. The van der Waals surface area contributed by atoms with Gasteiger partial charge in [0.2, 0.25) is 5.91 Å². The molecule has 1 spiro atoms. The van der Waals surface area contributed by atoms with Crippen LogP contribution in [0.5, 0.6) is 0 Å². The lowest BCUT2D eigenvalue weighted by molar-refractivity contribution is -0.118. The molecule has 2 amide bonds. The minimum atomic E-state index is -0.0351. The van der Waals surface area contributed by atoms with Gasteiger partial charge in [-0.1, -0.05) is 17.7 Å². The standard InChI is InChI=1S/C20H21N3O2/c1-14-4-6-15(7-5-14)19(25)23-10-8-20(13-23)11-17(20)18(24)22-16-3-2-9-21-12-16/h2-7,9,12,17H,8,10-11,13H2,1H3,(H,22,24). The molecule has 2 atom stereocenters. The molecule has 0 radical (unpaired) electrons. The van der Waals surface area contributed by atoms with Crippen molar-refractivity contribution < 1.29 is 9.59 Å². The van der Waals surface area contributed by atoms with Crippen molar-refractivity contribution in [3.63, 3.8) is 0 Å². The number of amides is 2. The monoisotopic (exact) mass is 335 g/mol. The molecule has 2 aromatic rings. The van der Waals surface area contributed by atoms with Crippen LogP contribution in [-0.4, -0.2) is 34.8 Å². The number of likely N-dealkylation sites (tertiary alicyclic amines) is 1. The van der Waals surface area contributed by atoms with Gasteiger partial charge in [0.15, 0.2) is 0 Å². The maximum atomic E-state index is 12.7. The van der Waals surface area contributed by atoms with Crippen molar-refractivity contribution in [2.24, 2.45) is 11.3 Å². The van der Waals surface area contributed by atoms with Gasteiger partial charge in [0.05, 0.1) is 11.9 Å². The van der Waals surface area contributed by atoms with Gasteiger partial charge in [-0.3, -0.25) is 14.6 Å². The van der Waals surface area contributed by atoms with E-state index >= 15 is 0 Å². The van der Waals surface area contributed by atoms with Crippen molar-refractivity contribution in [3.8, 4) is 0 Å². The van der Waals surface area contributed by atoms with Crippen LogP contribution in [0.1, 0.15) is 28.8 Å². The number of pyridine rings is 1. The third kappa shape index (κ3) is 3.02. The SMILES string of the molecule is Cc1ccc(C(=O)N2CCC3(CC3C(=O)Nc3cccnc3)C2)cc1. The van der Waals surface area contributed by atoms with Gasteiger partial charge in [0, 0.05) is 36.2 Å². The fourth-order valence-corrected chi connectivity index (χ4v) is 3.78. The molecule has 1 aliphatic carbocycles. The number of aryl methyl sites for hydroxylation is 1. The number of carbonyl (C=O) groups excluding carboxylic acids is 2. The minimum Gasteiger partial charge on any atom is -0.338 e. The highest BCUT2D eigenvalue weighted by molar-refractivity contribution is 5.96. The van der Waals surface area contributed by atoms with Gasteiger partial charge in [-0.25, -0.2) is 0 Å². The molecule has 5 heteroatoms. The van der Waals surface area contributed by atoms with E-state index in [1.165, 1.54) is 0 Å². The summed E-state index contributed by atoms with van der Waals surface area (Å²) in [5.74, 6) is 0.0938. The molecule has 1 aliphatic heterocycles. The van der Waals surface area contributed by atoms with Crippen LogP contribution in [0, 0.1) is 18.3 Å². The van der Waals surface area contributed by atoms with Gasteiger partial charge in [0.1, 0.15) is 0 Å². The Hall–Kier alpha value is -2.69. The summed E-state index contributed by atoms with van der Waals surface area (Å²) in [4.78, 5) is 31.0. The molecular formula is C20H21N3O2. The highest BCUT2D eigenvalue weighted by Gasteiger charge is 2.61. The van der Waals surface area contributed by atoms with Crippen LogP contribution in [0.4, 0.5) is 5.69 Å². The maximum Gasteiger partial charge on any atom is 0.253 e. The molecule has 128 valence electrons. The van der Waals surface area contributed by atoms with Crippen LogP contribution < -0.4 is 5.32 Å². The van der Waals surface area contributed by atoms with E-state index in [9.17, 15) is 9.59 Å². The van der Waals surface area contributed by atoms with E-state index in [-0.39, 0.29) is 23.1 Å². The lowest BCUT2D eigenvalue weighted by atomic mass is 10.0. The summed E-state index contributed by atoms with van der Waals surface area (Å²) in [7, 11) is 0. The summed E-state index contributed by atoms with van der Waals surface area (Å²) in [6.07, 6.45) is 5.08. The molecule has 2 fully saturated rings. The van der Waals surface area contributed by atoms with Crippen molar-refractivity contribution in [3.05, 3.63) is 59.9 Å². The molecule has 1 saturated carbocycles. The second-order valence-corrected chi connectivity index (χ2v) is 7.19. The van der Waals surface area contributed by atoms with Crippen molar-refractivity contribution in [2.45, 2.75) is 19.8 Å². The number of aromatic nitrogens is 1. The van der Waals surface area contributed by atoms with Crippen LogP contribution in [0.3, 0.4) is 0 Å². The summed E-state index contributed by atoms with van der Waals surface area (Å²) in [6, 6.07) is 11.3. The Morgan fingerprint density at radius 2 is 2.04 bits per heavy atom. The van der Waals surface area contributed by atoms with Gasteiger partial charge in [-0.05, 0) is 44.0 Å². The molecule has 2 aliphatic rings. The molecule has 1 N–H and O–H groups in total. The average molecular weight is 335 g/mol. The van der Waals surface area contributed by atoms with Gasteiger partial charge < -0.3 is 10.2 Å². The zero-order valence-electron chi connectivity index (χ0n) is 14.2. The largest absolute Gasteiger partial charge is 0.338 e. The average Bonchev–Trinajstić information content (AvgIpc) is 3.16. The zero-order valence-corrected chi connectivity index (χ0v) is 14.2. The number of benzene rings is 1. The van der Waals surface area contributed by atoms with Crippen molar-refractivity contribution in [1.82, 2.24) is 9.88 Å². The number of hydrogen-bond acceptors (Lipinski definition) is 3. The number of nitrogens with zero attached hydrogens (tertiary/aromatic N) is 2. The highest BCUT2D eigenvalue weighted by Crippen LogP contribution is 2.58. The number of nitrogens with one attached hydrogen (secondary N) is 1. The molecule has 25 heavy (non-hydrogen) atoms. The molecule has 2 heterocycles. The molecule has 1 aromatic heterocycles. The second-order valence-electron chi connectivity index (χ2n) is 7.19. The predicted molar refractivity (Wildman–Crippen MR) is 95.1 cm³/mol. The molecule has 0 bridgehead atoms. The Morgan fingerprint density at radius 1 is 1.24 bits per heavy atom. The summed E-state index contributed by atoms with van der Waals surface area (Å²) < 4.78 is 0. The van der Waals surface area contributed by atoms with E-state index < -0.39 is 0 Å². The number of carbonyl (C=O) groups is 2. The van der Waals surface area contributed by atoms with E-state index in [1.54, 1.807) is 18.5 Å². The van der Waals surface area contributed by atoms with E-state index in [4.69, 9.17) is 0 Å². The minimum absolute atomic E-state index is 0.0106.